The number of nitro groups is 1. The van der Waals surface area contributed by atoms with Gasteiger partial charge in [-0.1, -0.05) is 0 Å². The van der Waals surface area contributed by atoms with Crippen LogP contribution in [0.15, 0.2) is 24.5 Å². The minimum atomic E-state index is -1.10. The van der Waals surface area contributed by atoms with Gasteiger partial charge in [0.25, 0.3) is 0 Å². The largest absolute Gasteiger partial charge is 0.478 e. The molecule has 0 saturated heterocycles. The van der Waals surface area contributed by atoms with Gasteiger partial charge in [-0.25, -0.2) is 14.3 Å². The zero-order valence-corrected chi connectivity index (χ0v) is 8.35. The Kier molecular flexibility index (Phi) is 2.53. The number of hydrogen-bond donors (Lipinski definition) is 1. The van der Waals surface area contributed by atoms with E-state index in [1.807, 2.05) is 0 Å². The van der Waals surface area contributed by atoms with Crippen molar-refractivity contribution >= 4 is 23.4 Å². The molecule has 2 heterocycles. The molecule has 2 aromatic heterocycles. The summed E-state index contributed by atoms with van der Waals surface area (Å²) in [4.78, 5) is 24.0. The van der Waals surface area contributed by atoms with Gasteiger partial charge in [-0.15, -0.1) is 0 Å². The molecule has 0 aromatic carbocycles. The van der Waals surface area contributed by atoms with Gasteiger partial charge < -0.3 is 5.11 Å². The maximum Gasteiger partial charge on any atom is 0.328 e. The number of rotatable bonds is 3. The van der Waals surface area contributed by atoms with Gasteiger partial charge in [-0.05, 0) is 6.08 Å². The summed E-state index contributed by atoms with van der Waals surface area (Å²) in [6, 6.07) is 1.52. The van der Waals surface area contributed by atoms with Gasteiger partial charge in [0.15, 0.2) is 5.65 Å². The van der Waals surface area contributed by atoms with Crippen LogP contribution in [-0.2, 0) is 4.79 Å². The van der Waals surface area contributed by atoms with Crippen molar-refractivity contribution in [2.75, 3.05) is 0 Å². The Morgan fingerprint density at radius 1 is 1.59 bits per heavy atom. The van der Waals surface area contributed by atoms with Gasteiger partial charge in [0, 0.05) is 12.1 Å². The fourth-order valence-electron chi connectivity index (χ4n) is 1.22. The molecule has 0 unspecified atom stereocenters. The fraction of sp³-hybridized carbons (Fsp3) is 0. The molecule has 0 fully saturated rings. The van der Waals surface area contributed by atoms with E-state index in [1.54, 1.807) is 0 Å². The third-order valence-electron chi connectivity index (χ3n) is 1.93. The zero-order chi connectivity index (χ0) is 12.4. The lowest BCUT2D eigenvalue weighted by Gasteiger charge is -1.91. The molecular formula is C9H6N4O4. The molecule has 8 nitrogen and oxygen atoms in total. The van der Waals surface area contributed by atoms with Crippen molar-refractivity contribution in [2.45, 2.75) is 0 Å². The standard InChI is InChI=1S/C9H6N4O4/c14-9(15)2-1-6-3-8-10-4-7(13(16)17)5-12(8)11-6/h1-5H,(H,14,15)/b2-1+. The second-order valence-electron chi connectivity index (χ2n) is 3.11. The highest BCUT2D eigenvalue weighted by Crippen LogP contribution is 2.11. The highest BCUT2D eigenvalue weighted by molar-refractivity contribution is 5.85. The second kappa shape index (κ2) is 4.00. The lowest BCUT2D eigenvalue weighted by molar-refractivity contribution is -0.385. The molecule has 0 spiro atoms. The molecule has 2 rings (SSSR count). The third-order valence-corrected chi connectivity index (χ3v) is 1.93. The van der Waals surface area contributed by atoms with Crippen LogP contribution in [-0.4, -0.2) is 30.6 Å². The van der Waals surface area contributed by atoms with Crippen LogP contribution in [0.3, 0.4) is 0 Å². The highest BCUT2D eigenvalue weighted by atomic mass is 16.6. The summed E-state index contributed by atoms with van der Waals surface area (Å²) in [6.45, 7) is 0. The molecule has 2 aromatic rings. The van der Waals surface area contributed by atoms with Gasteiger partial charge in [-0.2, -0.15) is 5.10 Å². The van der Waals surface area contributed by atoms with E-state index < -0.39 is 10.9 Å². The Labute approximate surface area is 94.0 Å². The number of carboxylic acid groups (broad SMARTS) is 1. The van der Waals surface area contributed by atoms with Crippen LogP contribution in [0.1, 0.15) is 5.69 Å². The van der Waals surface area contributed by atoms with Crippen molar-refractivity contribution < 1.29 is 14.8 Å². The number of aromatic nitrogens is 3. The topological polar surface area (TPSA) is 111 Å². The number of hydrogen-bond acceptors (Lipinski definition) is 5. The Balaban J connectivity index is 2.43. The first-order valence-corrected chi connectivity index (χ1v) is 4.47. The number of carbonyl (C=O) groups is 1. The number of carboxylic acids is 1. The van der Waals surface area contributed by atoms with Crippen LogP contribution in [0.2, 0.25) is 0 Å². The molecule has 0 aliphatic heterocycles. The second-order valence-corrected chi connectivity index (χ2v) is 3.11. The number of aliphatic carboxylic acids is 1. The molecule has 0 atom stereocenters. The van der Waals surface area contributed by atoms with Gasteiger partial charge >= 0.3 is 11.7 Å². The summed E-state index contributed by atoms with van der Waals surface area (Å²) in [6.07, 6.45) is 4.53. The van der Waals surface area contributed by atoms with E-state index in [2.05, 4.69) is 10.1 Å². The average Bonchev–Trinajstić information content (AvgIpc) is 2.67. The van der Waals surface area contributed by atoms with Crippen LogP contribution in [0.4, 0.5) is 5.69 Å². The summed E-state index contributed by atoms with van der Waals surface area (Å²) in [5, 5.41) is 22.9. The highest BCUT2D eigenvalue weighted by Gasteiger charge is 2.08. The predicted molar refractivity (Wildman–Crippen MR) is 56.3 cm³/mol. The smallest absolute Gasteiger partial charge is 0.328 e. The van der Waals surface area contributed by atoms with E-state index >= 15 is 0 Å². The molecule has 17 heavy (non-hydrogen) atoms. The average molecular weight is 234 g/mol. The predicted octanol–water partition coefficient (Wildman–Crippen LogP) is 0.735. The SMILES string of the molecule is O=C(O)/C=C/c1cc2ncc([N+](=O)[O-])cn2n1. The summed E-state index contributed by atoms with van der Waals surface area (Å²) >= 11 is 0. The lowest BCUT2D eigenvalue weighted by Crippen LogP contribution is -1.95. The van der Waals surface area contributed by atoms with Gasteiger partial charge in [0.05, 0.1) is 10.6 Å². The Hall–Kier alpha value is -2.77. The molecule has 86 valence electrons. The van der Waals surface area contributed by atoms with Crippen LogP contribution in [0.5, 0.6) is 0 Å². The summed E-state index contributed by atoms with van der Waals surface area (Å²) in [5.41, 5.74) is 0.579. The fourth-order valence-corrected chi connectivity index (χ4v) is 1.22. The van der Waals surface area contributed by atoms with Crippen LogP contribution in [0, 0.1) is 10.1 Å². The molecule has 0 bridgehead atoms. The Bertz CT molecular complexity index is 631. The zero-order valence-electron chi connectivity index (χ0n) is 8.35. The Morgan fingerprint density at radius 3 is 3.00 bits per heavy atom. The van der Waals surface area contributed by atoms with Crippen molar-refractivity contribution in [3.05, 3.63) is 40.3 Å². The molecule has 8 heteroatoms. The van der Waals surface area contributed by atoms with Crippen LogP contribution >= 0.6 is 0 Å². The first-order chi connectivity index (χ1) is 8.06. The minimum absolute atomic E-state index is 0.186. The minimum Gasteiger partial charge on any atom is -0.478 e. The Morgan fingerprint density at radius 2 is 2.35 bits per heavy atom. The molecule has 0 aliphatic carbocycles. The molecule has 0 radical (unpaired) electrons. The monoisotopic (exact) mass is 234 g/mol. The van der Waals surface area contributed by atoms with E-state index in [0.29, 0.717) is 11.3 Å². The van der Waals surface area contributed by atoms with Crippen molar-refractivity contribution in [3.63, 3.8) is 0 Å². The number of nitrogens with zero attached hydrogens (tertiary/aromatic N) is 4. The quantitative estimate of drug-likeness (QED) is 0.476. The van der Waals surface area contributed by atoms with Gasteiger partial charge in [0.2, 0.25) is 0 Å². The summed E-state index contributed by atoms with van der Waals surface area (Å²) < 4.78 is 1.22. The van der Waals surface area contributed by atoms with Gasteiger partial charge in [0.1, 0.15) is 12.4 Å². The molecule has 0 saturated carbocycles. The first kappa shape index (κ1) is 10.7. The molecule has 0 aliphatic rings. The molecule has 0 amide bonds. The van der Waals surface area contributed by atoms with Crippen molar-refractivity contribution in [3.8, 4) is 0 Å². The van der Waals surface area contributed by atoms with E-state index in [4.69, 9.17) is 5.11 Å². The summed E-state index contributed by atoms with van der Waals surface area (Å²) in [5.74, 6) is -1.10. The van der Waals surface area contributed by atoms with E-state index in [-0.39, 0.29) is 5.69 Å². The number of fused-ring (bicyclic) bond motifs is 1. The van der Waals surface area contributed by atoms with Crippen molar-refractivity contribution in [2.24, 2.45) is 0 Å². The van der Waals surface area contributed by atoms with Crippen LogP contribution in [0.25, 0.3) is 11.7 Å². The van der Waals surface area contributed by atoms with E-state index in [9.17, 15) is 14.9 Å². The van der Waals surface area contributed by atoms with E-state index in [0.717, 1.165) is 12.3 Å². The van der Waals surface area contributed by atoms with E-state index in [1.165, 1.54) is 22.9 Å². The lowest BCUT2D eigenvalue weighted by atomic mass is 10.4. The van der Waals surface area contributed by atoms with Crippen LogP contribution < -0.4 is 0 Å². The molecule has 1 N–H and O–H groups in total. The normalized spacial score (nSPS) is 11.1. The third kappa shape index (κ3) is 2.25. The van der Waals surface area contributed by atoms with Crippen molar-refractivity contribution in [1.29, 1.82) is 0 Å². The maximum absolute atomic E-state index is 10.5. The first-order valence-electron chi connectivity index (χ1n) is 4.47. The maximum atomic E-state index is 10.5. The molecular weight excluding hydrogens is 228 g/mol. The van der Waals surface area contributed by atoms with Gasteiger partial charge in [-0.3, -0.25) is 10.1 Å². The summed E-state index contributed by atoms with van der Waals surface area (Å²) in [7, 11) is 0. The van der Waals surface area contributed by atoms with Crippen molar-refractivity contribution in [1.82, 2.24) is 14.6 Å².